The van der Waals surface area contributed by atoms with E-state index in [2.05, 4.69) is 6.58 Å². The number of methoxy groups -OCH3 is 1. The molecule has 0 N–H and O–H groups in total. The first kappa shape index (κ1) is 11.4. The SMILES string of the molecule is C=CC=C(C)OCc1cccc(OC)c1. The van der Waals surface area contributed by atoms with Crippen LogP contribution in [-0.2, 0) is 11.3 Å². The molecule has 0 saturated heterocycles. The molecule has 0 aliphatic carbocycles. The molecule has 0 radical (unpaired) electrons. The standard InChI is InChI=1S/C13H16O2/c1-4-6-11(2)15-10-12-7-5-8-13(9-12)14-3/h4-9H,1,10H2,2-3H3. The van der Waals surface area contributed by atoms with Crippen molar-refractivity contribution in [1.82, 2.24) is 0 Å². The summed E-state index contributed by atoms with van der Waals surface area (Å²) >= 11 is 0. The van der Waals surface area contributed by atoms with E-state index >= 15 is 0 Å². The molecule has 15 heavy (non-hydrogen) atoms. The molecule has 0 aliphatic heterocycles. The molecule has 0 spiro atoms. The fourth-order valence-corrected chi connectivity index (χ4v) is 1.17. The number of hydrogen-bond acceptors (Lipinski definition) is 2. The van der Waals surface area contributed by atoms with Gasteiger partial charge in [0.2, 0.25) is 0 Å². The Hall–Kier alpha value is -1.70. The van der Waals surface area contributed by atoms with Crippen molar-refractivity contribution in [3.05, 3.63) is 54.3 Å². The maximum absolute atomic E-state index is 5.50. The van der Waals surface area contributed by atoms with E-state index in [1.54, 1.807) is 13.2 Å². The Morgan fingerprint density at radius 2 is 2.27 bits per heavy atom. The van der Waals surface area contributed by atoms with Crippen LogP contribution in [0.15, 0.2) is 48.8 Å². The van der Waals surface area contributed by atoms with Crippen molar-refractivity contribution in [2.24, 2.45) is 0 Å². The summed E-state index contributed by atoms with van der Waals surface area (Å²) in [7, 11) is 1.66. The van der Waals surface area contributed by atoms with E-state index in [4.69, 9.17) is 9.47 Å². The predicted octanol–water partition coefficient (Wildman–Crippen LogP) is 3.30. The first-order valence-corrected chi connectivity index (χ1v) is 4.81. The first-order chi connectivity index (χ1) is 7.26. The van der Waals surface area contributed by atoms with E-state index in [-0.39, 0.29) is 0 Å². The lowest BCUT2D eigenvalue weighted by atomic mass is 10.2. The summed E-state index contributed by atoms with van der Waals surface area (Å²) in [5.41, 5.74) is 1.09. The summed E-state index contributed by atoms with van der Waals surface area (Å²) < 4.78 is 10.6. The summed E-state index contributed by atoms with van der Waals surface area (Å²) in [4.78, 5) is 0. The Bertz CT molecular complexity index is 353. The lowest BCUT2D eigenvalue weighted by Gasteiger charge is -2.07. The molecule has 0 atom stereocenters. The van der Waals surface area contributed by atoms with Gasteiger partial charge in [0.15, 0.2) is 0 Å². The van der Waals surface area contributed by atoms with Crippen molar-refractivity contribution in [3.63, 3.8) is 0 Å². The van der Waals surface area contributed by atoms with E-state index in [1.807, 2.05) is 37.3 Å². The lowest BCUT2D eigenvalue weighted by molar-refractivity contribution is 0.200. The first-order valence-electron chi connectivity index (χ1n) is 4.81. The van der Waals surface area contributed by atoms with Crippen LogP contribution in [0.3, 0.4) is 0 Å². The second-order valence-corrected chi connectivity index (χ2v) is 3.15. The maximum atomic E-state index is 5.50. The second kappa shape index (κ2) is 5.91. The van der Waals surface area contributed by atoms with Gasteiger partial charge in [-0.3, -0.25) is 0 Å². The fraction of sp³-hybridized carbons (Fsp3) is 0.231. The Morgan fingerprint density at radius 1 is 1.47 bits per heavy atom. The van der Waals surface area contributed by atoms with Gasteiger partial charge in [-0.2, -0.15) is 0 Å². The molecular weight excluding hydrogens is 188 g/mol. The Kier molecular flexibility index (Phi) is 4.48. The van der Waals surface area contributed by atoms with Gasteiger partial charge in [0.05, 0.1) is 12.9 Å². The minimum absolute atomic E-state index is 0.549. The fourth-order valence-electron chi connectivity index (χ4n) is 1.17. The zero-order chi connectivity index (χ0) is 11.1. The van der Waals surface area contributed by atoms with Crippen LogP contribution in [0, 0.1) is 0 Å². The van der Waals surface area contributed by atoms with Gasteiger partial charge in [0.1, 0.15) is 12.4 Å². The molecule has 0 unspecified atom stereocenters. The maximum Gasteiger partial charge on any atom is 0.119 e. The second-order valence-electron chi connectivity index (χ2n) is 3.15. The van der Waals surface area contributed by atoms with E-state index in [0.29, 0.717) is 6.61 Å². The van der Waals surface area contributed by atoms with Crippen molar-refractivity contribution in [2.75, 3.05) is 7.11 Å². The van der Waals surface area contributed by atoms with Crippen molar-refractivity contribution >= 4 is 0 Å². The van der Waals surface area contributed by atoms with Crippen molar-refractivity contribution < 1.29 is 9.47 Å². The van der Waals surface area contributed by atoms with E-state index < -0.39 is 0 Å². The highest BCUT2D eigenvalue weighted by atomic mass is 16.5. The molecule has 80 valence electrons. The van der Waals surface area contributed by atoms with Gasteiger partial charge in [-0.15, -0.1) is 0 Å². The molecule has 1 rings (SSSR count). The van der Waals surface area contributed by atoms with Gasteiger partial charge in [-0.1, -0.05) is 24.8 Å². The smallest absolute Gasteiger partial charge is 0.119 e. The van der Waals surface area contributed by atoms with Gasteiger partial charge < -0.3 is 9.47 Å². The number of ether oxygens (including phenoxy) is 2. The molecule has 2 heteroatoms. The molecule has 2 nitrogen and oxygen atoms in total. The molecule has 0 heterocycles. The van der Waals surface area contributed by atoms with E-state index in [9.17, 15) is 0 Å². The highest BCUT2D eigenvalue weighted by Gasteiger charge is 1.96. The summed E-state index contributed by atoms with van der Waals surface area (Å²) in [6.07, 6.45) is 3.54. The minimum Gasteiger partial charge on any atom is -0.497 e. The van der Waals surface area contributed by atoms with Crippen molar-refractivity contribution in [1.29, 1.82) is 0 Å². The third kappa shape index (κ3) is 3.90. The average Bonchev–Trinajstić information content (AvgIpc) is 2.27. The van der Waals surface area contributed by atoms with Gasteiger partial charge in [-0.25, -0.2) is 0 Å². The van der Waals surface area contributed by atoms with E-state index in [0.717, 1.165) is 17.1 Å². The molecule has 1 aromatic rings. The number of benzene rings is 1. The molecule has 1 aromatic carbocycles. The molecule has 0 amide bonds. The van der Waals surface area contributed by atoms with Gasteiger partial charge >= 0.3 is 0 Å². The third-order valence-electron chi connectivity index (χ3n) is 1.95. The van der Waals surface area contributed by atoms with Crippen LogP contribution in [0.25, 0.3) is 0 Å². The van der Waals surface area contributed by atoms with Gasteiger partial charge in [0, 0.05) is 0 Å². The largest absolute Gasteiger partial charge is 0.497 e. The van der Waals surface area contributed by atoms with Crippen LogP contribution in [0.4, 0.5) is 0 Å². The van der Waals surface area contributed by atoms with Gasteiger partial charge in [-0.05, 0) is 30.7 Å². The van der Waals surface area contributed by atoms with Gasteiger partial charge in [0.25, 0.3) is 0 Å². The highest BCUT2D eigenvalue weighted by molar-refractivity contribution is 5.28. The number of allylic oxidation sites excluding steroid dienone is 3. The van der Waals surface area contributed by atoms with Crippen LogP contribution < -0.4 is 4.74 Å². The normalized spacial score (nSPS) is 10.9. The number of rotatable bonds is 5. The number of hydrogen-bond donors (Lipinski definition) is 0. The molecule has 0 aromatic heterocycles. The van der Waals surface area contributed by atoms with Crippen LogP contribution in [0.5, 0.6) is 5.75 Å². The van der Waals surface area contributed by atoms with Crippen LogP contribution in [0.2, 0.25) is 0 Å². The van der Waals surface area contributed by atoms with Crippen LogP contribution in [-0.4, -0.2) is 7.11 Å². The van der Waals surface area contributed by atoms with Crippen molar-refractivity contribution in [2.45, 2.75) is 13.5 Å². The molecule has 0 fully saturated rings. The Labute approximate surface area is 90.8 Å². The Balaban J connectivity index is 2.57. The monoisotopic (exact) mass is 204 g/mol. The molecule has 0 saturated carbocycles. The quantitative estimate of drug-likeness (QED) is 0.541. The van der Waals surface area contributed by atoms with E-state index in [1.165, 1.54) is 0 Å². The predicted molar refractivity (Wildman–Crippen MR) is 61.7 cm³/mol. The summed E-state index contributed by atoms with van der Waals surface area (Å²) in [5.74, 6) is 1.70. The summed E-state index contributed by atoms with van der Waals surface area (Å²) in [6.45, 7) is 6.06. The summed E-state index contributed by atoms with van der Waals surface area (Å²) in [6, 6.07) is 7.82. The van der Waals surface area contributed by atoms with Crippen molar-refractivity contribution in [3.8, 4) is 5.75 Å². The topological polar surface area (TPSA) is 18.5 Å². The zero-order valence-electron chi connectivity index (χ0n) is 9.19. The molecule has 0 aliphatic rings. The minimum atomic E-state index is 0.549. The van der Waals surface area contributed by atoms with Crippen LogP contribution >= 0.6 is 0 Å². The third-order valence-corrected chi connectivity index (χ3v) is 1.95. The highest BCUT2D eigenvalue weighted by Crippen LogP contribution is 2.14. The average molecular weight is 204 g/mol. The summed E-state index contributed by atoms with van der Waals surface area (Å²) in [5, 5.41) is 0. The Morgan fingerprint density at radius 3 is 2.93 bits per heavy atom. The molecular formula is C13H16O2. The van der Waals surface area contributed by atoms with Crippen LogP contribution in [0.1, 0.15) is 12.5 Å². The zero-order valence-corrected chi connectivity index (χ0v) is 9.19. The lowest BCUT2D eigenvalue weighted by Crippen LogP contribution is -1.91. The molecule has 0 bridgehead atoms.